The number of carbonyl (C=O) groups is 2. The predicted octanol–water partition coefficient (Wildman–Crippen LogP) is 3.33. The average Bonchev–Trinajstić information content (AvgIpc) is 3.44. The summed E-state index contributed by atoms with van der Waals surface area (Å²) in [5.41, 5.74) is 0.486. The molecule has 1 aromatic rings. The molecule has 1 aliphatic heterocycles. The number of halogens is 2. The summed E-state index contributed by atoms with van der Waals surface area (Å²) < 4.78 is 12.9. The molecule has 2 saturated carbocycles. The lowest BCUT2D eigenvalue weighted by atomic mass is 10.3. The van der Waals surface area contributed by atoms with Crippen LogP contribution in [0.3, 0.4) is 0 Å². The molecule has 25 heavy (non-hydrogen) atoms. The Hall–Kier alpha value is -1.86. The maximum Gasteiger partial charge on any atom is 0.267 e. The van der Waals surface area contributed by atoms with Crippen LogP contribution in [0.15, 0.2) is 40.2 Å². The Kier molecular flexibility index (Phi) is 5.15. The van der Waals surface area contributed by atoms with Crippen molar-refractivity contribution in [2.75, 3.05) is 5.32 Å². The third-order valence-corrected chi connectivity index (χ3v) is 4.96. The van der Waals surface area contributed by atoms with E-state index >= 15 is 0 Å². The Labute approximate surface area is 155 Å². The van der Waals surface area contributed by atoms with Crippen molar-refractivity contribution >= 4 is 46.8 Å². The van der Waals surface area contributed by atoms with Gasteiger partial charge in [-0.3, -0.25) is 19.5 Å². The number of rotatable bonds is 4. The van der Waals surface area contributed by atoms with Gasteiger partial charge in [-0.25, -0.2) is 4.39 Å². The lowest BCUT2D eigenvalue weighted by Gasteiger charge is -2.13. The van der Waals surface area contributed by atoms with Gasteiger partial charge >= 0.3 is 0 Å². The van der Waals surface area contributed by atoms with E-state index in [9.17, 15) is 14.0 Å². The van der Waals surface area contributed by atoms with Gasteiger partial charge in [0.1, 0.15) is 5.82 Å². The number of amides is 2. The normalized spacial score (nSPS) is 23.1. The number of thioether (sulfide) groups is 1. The molecule has 1 N–H and O–H groups in total. The summed E-state index contributed by atoms with van der Waals surface area (Å²) in [6.45, 7) is 0. The molecule has 3 aliphatic rings. The predicted molar refractivity (Wildman–Crippen MR) is 98.3 cm³/mol. The third kappa shape index (κ3) is 4.22. The molecule has 2 aliphatic carbocycles. The second kappa shape index (κ2) is 7.17. The average molecular weight is 382 g/mol. The van der Waals surface area contributed by atoms with Crippen LogP contribution in [0.1, 0.15) is 25.7 Å². The zero-order valence-electron chi connectivity index (χ0n) is 13.3. The SMILES string of the molecule is Cl.O=C(C=C1SC(=NC2CC2)N(C2CC2)C1=O)Nc1ccc(F)cc1. The molecule has 0 spiro atoms. The summed E-state index contributed by atoms with van der Waals surface area (Å²) in [6.07, 6.45) is 5.43. The van der Waals surface area contributed by atoms with Crippen LogP contribution in [0.25, 0.3) is 0 Å². The fourth-order valence-corrected chi connectivity index (χ4v) is 3.50. The molecule has 0 bridgehead atoms. The van der Waals surface area contributed by atoms with E-state index in [1.807, 2.05) is 0 Å². The molecule has 0 aromatic heterocycles. The molecule has 5 nitrogen and oxygen atoms in total. The third-order valence-electron chi connectivity index (χ3n) is 3.96. The van der Waals surface area contributed by atoms with Gasteiger partial charge < -0.3 is 5.32 Å². The number of benzene rings is 1. The number of nitrogens with one attached hydrogen (secondary N) is 1. The van der Waals surface area contributed by atoms with E-state index in [2.05, 4.69) is 10.3 Å². The van der Waals surface area contributed by atoms with Crippen molar-refractivity contribution < 1.29 is 14.0 Å². The Bertz CT molecular complexity index is 758. The molecule has 1 heterocycles. The largest absolute Gasteiger partial charge is 0.322 e. The summed E-state index contributed by atoms with van der Waals surface area (Å²) in [5.74, 6) is -0.911. The topological polar surface area (TPSA) is 61.8 Å². The highest BCUT2D eigenvalue weighted by molar-refractivity contribution is 8.18. The van der Waals surface area contributed by atoms with Gasteiger partial charge in [-0.2, -0.15) is 0 Å². The number of carbonyl (C=O) groups excluding carboxylic acids is 2. The highest BCUT2D eigenvalue weighted by atomic mass is 35.5. The molecule has 3 fully saturated rings. The van der Waals surface area contributed by atoms with Crippen LogP contribution in [0.4, 0.5) is 10.1 Å². The summed E-state index contributed by atoms with van der Waals surface area (Å²) in [7, 11) is 0. The molecule has 2 amide bonds. The van der Waals surface area contributed by atoms with E-state index in [-0.39, 0.29) is 30.2 Å². The van der Waals surface area contributed by atoms with E-state index < -0.39 is 5.91 Å². The summed E-state index contributed by atoms with van der Waals surface area (Å²) in [5, 5.41) is 3.37. The Morgan fingerprint density at radius 3 is 2.52 bits per heavy atom. The number of amidine groups is 1. The van der Waals surface area contributed by atoms with Crippen LogP contribution in [-0.2, 0) is 9.59 Å². The number of anilines is 1. The Morgan fingerprint density at radius 1 is 1.24 bits per heavy atom. The minimum Gasteiger partial charge on any atom is -0.322 e. The zero-order chi connectivity index (χ0) is 16.7. The van der Waals surface area contributed by atoms with Crippen molar-refractivity contribution in [2.45, 2.75) is 37.8 Å². The summed E-state index contributed by atoms with van der Waals surface area (Å²) in [4.78, 5) is 31.4. The molecule has 1 aromatic carbocycles. The number of hydrogen-bond acceptors (Lipinski definition) is 4. The standard InChI is InChI=1S/C17H16FN3O2S.ClH/c18-10-1-3-11(4-2-10)19-15(22)9-14-16(23)21(13-7-8-13)17(24-14)20-12-5-6-12;/h1-4,9,12-13H,5-8H2,(H,19,22);1H. The summed E-state index contributed by atoms with van der Waals surface area (Å²) in [6, 6.07) is 6.06. The first kappa shape index (κ1) is 17.9. The number of aliphatic imine (C=N–C) groups is 1. The molecule has 0 radical (unpaired) electrons. The van der Waals surface area contributed by atoms with Gasteiger partial charge in [-0.1, -0.05) is 0 Å². The van der Waals surface area contributed by atoms with Crippen LogP contribution in [-0.4, -0.2) is 34.0 Å². The molecule has 0 atom stereocenters. The minimum atomic E-state index is -0.402. The second-order valence-electron chi connectivity index (χ2n) is 6.16. The first-order chi connectivity index (χ1) is 11.6. The van der Waals surface area contributed by atoms with Crippen LogP contribution in [0.2, 0.25) is 0 Å². The first-order valence-electron chi connectivity index (χ1n) is 7.97. The maximum atomic E-state index is 12.9. The molecule has 8 heteroatoms. The fourth-order valence-electron chi connectivity index (χ4n) is 2.42. The zero-order valence-corrected chi connectivity index (χ0v) is 14.9. The van der Waals surface area contributed by atoms with Gasteiger partial charge in [0.15, 0.2) is 5.17 Å². The lowest BCUT2D eigenvalue weighted by molar-refractivity contribution is -0.123. The summed E-state index contributed by atoms with van der Waals surface area (Å²) >= 11 is 1.27. The Morgan fingerprint density at radius 2 is 1.92 bits per heavy atom. The van der Waals surface area contributed by atoms with Crippen molar-refractivity contribution in [1.82, 2.24) is 4.90 Å². The molecule has 0 unspecified atom stereocenters. The highest BCUT2D eigenvalue weighted by Crippen LogP contribution is 2.40. The molecule has 132 valence electrons. The van der Waals surface area contributed by atoms with Crippen LogP contribution in [0, 0.1) is 5.82 Å². The first-order valence-corrected chi connectivity index (χ1v) is 8.79. The quantitative estimate of drug-likeness (QED) is 0.814. The number of hydrogen-bond donors (Lipinski definition) is 1. The monoisotopic (exact) mass is 381 g/mol. The molecule has 4 rings (SSSR count). The molecular weight excluding hydrogens is 365 g/mol. The van der Waals surface area contributed by atoms with Gasteiger partial charge in [-0.15, -0.1) is 12.4 Å². The fraction of sp³-hybridized carbons (Fsp3) is 0.353. The molecule has 1 saturated heterocycles. The van der Waals surface area contributed by atoms with Gasteiger partial charge in [0.2, 0.25) is 5.91 Å². The van der Waals surface area contributed by atoms with E-state index in [0.29, 0.717) is 16.6 Å². The maximum absolute atomic E-state index is 12.9. The van der Waals surface area contributed by atoms with Crippen LogP contribution >= 0.6 is 24.2 Å². The van der Waals surface area contributed by atoms with Gasteiger partial charge in [-0.05, 0) is 61.7 Å². The van der Waals surface area contributed by atoms with Crippen LogP contribution < -0.4 is 5.32 Å². The van der Waals surface area contributed by atoms with E-state index in [4.69, 9.17) is 0 Å². The number of nitrogens with zero attached hydrogens (tertiary/aromatic N) is 2. The van der Waals surface area contributed by atoms with E-state index in [0.717, 1.165) is 30.9 Å². The van der Waals surface area contributed by atoms with Crippen molar-refractivity contribution in [1.29, 1.82) is 0 Å². The van der Waals surface area contributed by atoms with Crippen molar-refractivity contribution in [2.24, 2.45) is 4.99 Å². The smallest absolute Gasteiger partial charge is 0.267 e. The van der Waals surface area contributed by atoms with E-state index in [1.54, 1.807) is 4.90 Å². The van der Waals surface area contributed by atoms with Crippen molar-refractivity contribution in [3.05, 3.63) is 41.1 Å². The van der Waals surface area contributed by atoms with Gasteiger partial charge in [0, 0.05) is 17.8 Å². The van der Waals surface area contributed by atoms with Crippen molar-refractivity contribution in [3.8, 4) is 0 Å². The van der Waals surface area contributed by atoms with Gasteiger partial charge in [0.25, 0.3) is 5.91 Å². The van der Waals surface area contributed by atoms with Crippen molar-refractivity contribution in [3.63, 3.8) is 0 Å². The highest BCUT2D eigenvalue weighted by Gasteiger charge is 2.43. The van der Waals surface area contributed by atoms with Gasteiger partial charge in [0.05, 0.1) is 10.9 Å². The minimum absolute atomic E-state index is 0. The Balaban J connectivity index is 0.00000182. The lowest BCUT2D eigenvalue weighted by Crippen LogP contribution is -2.31. The second-order valence-corrected chi connectivity index (χ2v) is 7.17. The van der Waals surface area contributed by atoms with E-state index in [1.165, 1.54) is 42.1 Å². The molecular formula is C17H17ClFN3O2S. The van der Waals surface area contributed by atoms with Crippen LogP contribution in [0.5, 0.6) is 0 Å².